The van der Waals surface area contributed by atoms with Gasteiger partial charge in [-0.25, -0.2) is 18.0 Å². The summed E-state index contributed by atoms with van der Waals surface area (Å²) in [6.45, 7) is 5.92. The third kappa shape index (κ3) is 6.68. The average Bonchev–Trinajstić information content (AvgIpc) is 2.84. The second kappa shape index (κ2) is 10.7. The minimum Gasteiger partial charge on any atom is -0.492 e. The number of urea groups is 1. The van der Waals surface area contributed by atoms with Gasteiger partial charge in [-0.2, -0.15) is 0 Å². The maximum atomic E-state index is 13.2. The van der Waals surface area contributed by atoms with E-state index in [0.717, 1.165) is 11.8 Å². The van der Waals surface area contributed by atoms with E-state index in [1.54, 1.807) is 24.3 Å². The van der Waals surface area contributed by atoms with Crippen molar-refractivity contribution in [2.24, 2.45) is 0 Å². The van der Waals surface area contributed by atoms with Crippen LogP contribution < -0.4 is 30.5 Å². The lowest BCUT2D eigenvalue weighted by Crippen LogP contribution is -2.22. The van der Waals surface area contributed by atoms with Crippen LogP contribution in [0.4, 0.5) is 21.9 Å². The van der Waals surface area contributed by atoms with Crippen LogP contribution in [0.2, 0.25) is 0 Å². The zero-order valence-electron chi connectivity index (χ0n) is 22.1. The molecule has 10 nitrogen and oxygen atoms in total. The zero-order chi connectivity index (χ0) is 28.4. The van der Waals surface area contributed by atoms with Crippen molar-refractivity contribution in [1.82, 2.24) is 0 Å². The van der Waals surface area contributed by atoms with Gasteiger partial charge in [0, 0.05) is 16.8 Å². The Morgan fingerprint density at radius 1 is 0.897 bits per heavy atom. The number of carbonyl (C=O) groups excluding carboxylic acids is 1. The number of sulfonamides is 1. The van der Waals surface area contributed by atoms with Crippen LogP contribution in [0.1, 0.15) is 26.3 Å². The Morgan fingerprint density at radius 2 is 1.56 bits per heavy atom. The van der Waals surface area contributed by atoms with Gasteiger partial charge in [0.05, 0.1) is 42.8 Å². The molecule has 0 spiro atoms. The first-order valence-corrected chi connectivity index (χ1v) is 13.8. The SMILES string of the molecule is COc1c(NC(=O)Nc2ccc(Oc3ccoc(=O)c3)c3ccccc23)cc(C(C)(C)C)cc1NS(C)(=O)=O. The van der Waals surface area contributed by atoms with E-state index in [0.29, 0.717) is 33.6 Å². The summed E-state index contributed by atoms with van der Waals surface area (Å²) in [4.78, 5) is 24.7. The molecule has 0 aliphatic rings. The highest BCUT2D eigenvalue weighted by molar-refractivity contribution is 7.92. The average molecular weight is 552 g/mol. The van der Waals surface area contributed by atoms with Gasteiger partial charge >= 0.3 is 11.7 Å². The molecule has 4 rings (SSSR count). The minimum atomic E-state index is -3.61. The number of fused-ring (bicyclic) bond motifs is 1. The van der Waals surface area contributed by atoms with Crippen LogP contribution in [0.25, 0.3) is 10.8 Å². The Kier molecular flexibility index (Phi) is 7.55. The van der Waals surface area contributed by atoms with Gasteiger partial charge in [0.15, 0.2) is 5.75 Å². The van der Waals surface area contributed by atoms with Crippen molar-refractivity contribution in [3.05, 3.63) is 82.9 Å². The predicted octanol–water partition coefficient (Wildman–Crippen LogP) is 5.91. The van der Waals surface area contributed by atoms with E-state index in [2.05, 4.69) is 15.4 Å². The molecule has 1 heterocycles. The number of amides is 2. The molecule has 0 fully saturated rings. The molecule has 0 bridgehead atoms. The molecule has 3 N–H and O–H groups in total. The largest absolute Gasteiger partial charge is 0.492 e. The van der Waals surface area contributed by atoms with E-state index in [4.69, 9.17) is 13.9 Å². The molecule has 0 saturated carbocycles. The maximum Gasteiger partial charge on any atom is 0.339 e. The highest BCUT2D eigenvalue weighted by Crippen LogP contribution is 2.39. The van der Waals surface area contributed by atoms with E-state index >= 15 is 0 Å². The number of carbonyl (C=O) groups is 1. The minimum absolute atomic E-state index is 0.171. The Labute approximate surface area is 226 Å². The van der Waals surface area contributed by atoms with E-state index in [-0.39, 0.29) is 16.9 Å². The summed E-state index contributed by atoms with van der Waals surface area (Å²) in [6.07, 6.45) is 2.29. The summed E-state index contributed by atoms with van der Waals surface area (Å²) in [6, 6.07) is 16.3. The first kappa shape index (κ1) is 27.5. The Morgan fingerprint density at radius 3 is 2.21 bits per heavy atom. The van der Waals surface area contributed by atoms with E-state index in [1.165, 1.54) is 25.5 Å². The predicted molar refractivity (Wildman–Crippen MR) is 152 cm³/mol. The topological polar surface area (TPSA) is 136 Å². The Bertz CT molecular complexity index is 1710. The van der Waals surface area contributed by atoms with Gasteiger partial charge in [0.25, 0.3) is 0 Å². The lowest BCUT2D eigenvalue weighted by atomic mass is 9.86. The number of nitrogens with one attached hydrogen (secondary N) is 3. The molecule has 0 radical (unpaired) electrons. The van der Waals surface area contributed by atoms with E-state index in [9.17, 15) is 18.0 Å². The number of hydrogen-bond donors (Lipinski definition) is 3. The fraction of sp³-hybridized carbons (Fsp3) is 0.214. The lowest BCUT2D eigenvalue weighted by Gasteiger charge is -2.24. The summed E-state index contributed by atoms with van der Waals surface area (Å²) < 4.78 is 42.6. The first-order valence-electron chi connectivity index (χ1n) is 11.9. The third-order valence-electron chi connectivity index (χ3n) is 5.74. The smallest absolute Gasteiger partial charge is 0.339 e. The highest BCUT2D eigenvalue weighted by atomic mass is 32.2. The van der Waals surface area contributed by atoms with Crippen molar-refractivity contribution < 1.29 is 27.1 Å². The fourth-order valence-electron chi connectivity index (χ4n) is 3.95. The summed E-state index contributed by atoms with van der Waals surface area (Å²) >= 11 is 0. The van der Waals surface area contributed by atoms with Gasteiger partial charge in [-0.15, -0.1) is 0 Å². The molecule has 2 amide bonds. The summed E-state index contributed by atoms with van der Waals surface area (Å²) in [5.74, 6) is 0.974. The van der Waals surface area contributed by atoms with Crippen LogP contribution in [0.15, 0.2) is 76.1 Å². The van der Waals surface area contributed by atoms with Gasteiger partial charge in [-0.1, -0.05) is 45.0 Å². The maximum absolute atomic E-state index is 13.2. The van der Waals surface area contributed by atoms with Crippen LogP contribution in [0, 0.1) is 0 Å². The molecule has 0 aliphatic carbocycles. The van der Waals surface area contributed by atoms with Gasteiger partial charge < -0.3 is 24.5 Å². The Hall–Kier alpha value is -4.51. The third-order valence-corrected chi connectivity index (χ3v) is 6.33. The van der Waals surface area contributed by atoms with Crippen LogP contribution in [0.5, 0.6) is 17.2 Å². The molecule has 0 saturated heterocycles. The van der Waals surface area contributed by atoms with Crippen molar-refractivity contribution >= 4 is 43.9 Å². The molecule has 3 aromatic carbocycles. The van der Waals surface area contributed by atoms with Gasteiger partial charge in [-0.05, 0) is 35.2 Å². The number of hydrogen-bond acceptors (Lipinski definition) is 7. The quantitative estimate of drug-likeness (QED) is 0.260. The molecule has 1 aromatic heterocycles. The second-order valence-corrected chi connectivity index (χ2v) is 11.6. The number of ether oxygens (including phenoxy) is 2. The van der Waals surface area contributed by atoms with Crippen molar-refractivity contribution in [3.8, 4) is 17.2 Å². The van der Waals surface area contributed by atoms with Crippen molar-refractivity contribution in [3.63, 3.8) is 0 Å². The van der Waals surface area contributed by atoms with Gasteiger partial charge in [0.1, 0.15) is 11.5 Å². The first-order chi connectivity index (χ1) is 18.3. The number of rotatable bonds is 7. The summed E-state index contributed by atoms with van der Waals surface area (Å²) in [5, 5.41) is 7.04. The zero-order valence-corrected chi connectivity index (χ0v) is 22.9. The Balaban J connectivity index is 1.67. The van der Waals surface area contributed by atoms with Crippen LogP contribution in [0.3, 0.4) is 0 Å². The lowest BCUT2D eigenvalue weighted by molar-refractivity contribution is 0.262. The van der Waals surface area contributed by atoms with E-state index < -0.39 is 21.7 Å². The molecular formula is C28H29N3O7S. The molecule has 11 heteroatoms. The molecule has 204 valence electrons. The van der Waals surface area contributed by atoms with Gasteiger partial charge in [0.2, 0.25) is 10.0 Å². The highest BCUT2D eigenvalue weighted by Gasteiger charge is 2.22. The van der Waals surface area contributed by atoms with Crippen molar-refractivity contribution in [1.29, 1.82) is 0 Å². The fourth-order valence-corrected chi connectivity index (χ4v) is 4.50. The molecular weight excluding hydrogens is 522 g/mol. The normalized spacial score (nSPS) is 11.6. The number of benzene rings is 3. The second-order valence-electron chi connectivity index (χ2n) is 9.85. The van der Waals surface area contributed by atoms with Crippen LogP contribution >= 0.6 is 0 Å². The summed E-state index contributed by atoms with van der Waals surface area (Å²) in [5.41, 5.74) is 0.909. The molecule has 4 aromatic rings. The number of methoxy groups -OCH3 is 1. The van der Waals surface area contributed by atoms with E-state index in [1.807, 2.05) is 45.0 Å². The van der Waals surface area contributed by atoms with Crippen molar-refractivity contribution in [2.75, 3.05) is 28.7 Å². The van der Waals surface area contributed by atoms with Crippen LogP contribution in [-0.2, 0) is 15.4 Å². The van der Waals surface area contributed by atoms with Gasteiger partial charge in [-0.3, -0.25) is 4.72 Å². The molecule has 0 unspecified atom stereocenters. The standard InChI is InChI=1S/C28H29N3O7S/c1-28(2,3)17-14-22(26(36-4)23(15-17)31-39(5,34)35)30-27(33)29-21-10-11-24(20-9-7-6-8-19(20)21)38-18-12-13-37-25(32)16-18/h6-16,31H,1-5H3,(H2,29,30,33). The molecule has 0 aliphatic heterocycles. The number of anilines is 3. The van der Waals surface area contributed by atoms with Crippen LogP contribution in [-0.4, -0.2) is 27.8 Å². The molecule has 0 atom stereocenters. The molecule has 39 heavy (non-hydrogen) atoms. The van der Waals surface area contributed by atoms with Crippen molar-refractivity contribution in [2.45, 2.75) is 26.2 Å². The summed E-state index contributed by atoms with van der Waals surface area (Å²) in [7, 11) is -2.22. The monoisotopic (exact) mass is 551 g/mol.